The van der Waals surface area contributed by atoms with Gasteiger partial charge in [0.2, 0.25) is 0 Å². The molecule has 2 N–H and O–H groups in total. The van der Waals surface area contributed by atoms with E-state index < -0.39 is 5.97 Å². The number of pyridine rings is 1. The molecule has 14 heavy (non-hydrogen) atoms. The van der Waals surface area contributed by atoms with Crippen molar-refractivity contribution in [3.63, 3.8) is 0 Å². The van der Waals surface area contributed by atoms with E-state index in [4.69, 9.17) is 5.11 Å². The van der Waals surface area contributed by atoms with E-state index in [1.54, 1.807) is 13.0 Å². The lowest BCUT2D eigenvalue weighted by Crippen LogP contribution is -2.06. The average molecular weight is 190 g/mol. The molecule has 0 aliphatic rings. The average Bonchev–Trinajstić information content (AvgIpc) is 2.19. The molecule has 0 atom stereocenters. The minimum atomic E-state index is -0.995. The second-order valence-electron chi connectivity index (χ2n) is 2.51. The van der Waals surface area contributed by atoms with Gasteiger partial charge in [-0.15, -0.1) is 5.92 Å². The number of anilines is 1. The van der Waals surface area contributed by atoms with Gasteiger partial charge in [-0.3, -0.25) is 4.98 Å². The molecule has 1 heterocycles. The van der Waals surface area contributed by atoms with Gasteiger partial charge in [0.25, 0.3) is 0 Å². The van der Waals surface area contributed by atoms with Gasteiger partial charge in [0.05, 0.1) is 12.2 Å². The van der Waals surface area contributed by atoms with Crippen LogP contribution in [0, 0.1) is 11.8 Å². The number of nitrogens with zero attached hydrogens (tertiary/aromatic N) is 1. The molecule has 1 aromatic rings. The van der Waals surface area contributed by atoms with Crippen LogP contribution in [0.1, 0.15) is 17.3 Å². The Morgan fingerprint density at radius 3 is 3.14 bits per heavy atom. The lowest BCUT2D eigenvalue weighted by molar-refractivity contribution is 0.0697. The van der Waals surface area contributed by atoms with Crippen molar-refractivity contribution in [3.8, 4) is 11.8 Å². The summed E-state index contributed by atoms with van der Waals surface area (Å²) in [7, 11) is 0. The topological polar surface area (TPSA) is 62.2 Å². The molecule has 1 aromatic heterocycles. The third kappa shape index (κ3) is 2.49. The molecule has 0 aliphatic heterocycles. The van der Waals surface area contributed by atoms with Gasteiger partial charge in [-0.25, -0.2) is 4.79 Å². The second kappa shape index (κ2) is 4.87. The van der Waals surface area contributed by atoms with Crippen molar-refractivity contribution in [2.45, 2.75) is 6.92 Å². The summed E-state index contributed by atoms with van der Waals surface area (Å²) in [6.07, 6.45) is 2.85. The van der Waals surface area contributed by atoms with E-state index in [1.807, 2.05) is 0 Å². The Balaban J connectivity index is 2.83. The van der Waals surface area contributed by atoms with Crippen LogP contribution in [0.4, 0.5) is 5.69 Å². The summed E-state index contributed by atoms with van der Waals surface area (Å²) in [5, 5.41) is 11.7. The molecule has 72 valence electrons. The van der Waals surface area contributed by atoms with Gasteiger partial charge in [0, 0.05) is 12.4 Å². The summed E-state index contributed by atoms with van der Waals surface area (Å²) >= 11 is 0. The van der Waals surface area contributed by atoms with Crippen molar-refractivity contribution < 1.29 is 9.90 Å². The van der Waals surface area contributed by atoms with E-state index in [0.29, 0.717) is 12.2 Å². The molecule has 4 heteroatoms. The molecule has 0 aromatic carbocycles. The molecule has 0 amide bonds. The van der Waals surface area contributed by atoms with Crippen molar-refractivity contribution in [1.29, 1.82) is 0 Å². The zero-order valence-corrected chi connectivity index (χ0v) is 7.74. The molecular weight excluding hydrogens is 180 g/mol. The first kappa shape index (κ1) is 10.1. The molecule has 0 unspecified atom stereocenters. The molecule has 0 radical (unpaired) electrons. The number of carbonyl (C=O) groups is 1. The standard InChI is InChI=1S/C10H10N2O2/c1-2-3-5-12-9-4-6-11-7-8(9)10(13)14/h4,6-7H,5H2,1H3,(H,11,12)(H,13,14). The van der Waals surface area contributed by atoms with Gasteiger partial charge < -0.3 is 10.4 Å². The van der Waals surface area contributed by atoms with Gasteiger partial charge in [0.15, 0.2) is 0 Å². The van der Waals surface area contributed by atoms with Crippen molar-refractivity contribution in [1.82, 2.24) is 4.98 Å². The Morgan fingerprint density at radius 1 is 1.71 bits per heavy atom. The minimum absolute atomic E-state index is 0.158. The van der Waals surface area contributed by atoms with E-state index in [2.05, 4.69) is 22.1 Å². The number of carboxylic acids is 1. The predicted molar refractivity (Wildman–Crippen MR) is 53.1 cm³/mol. The highest BCUT2D eigenvalue weighted by Crippen LogP contribution is 2.12. The Kier molecular flexibility index (Phi) is 3.50. The van der Waals surface area contributed by atoms with Crippen LogP contribution in [0.25, 0.3) is 0 Å². The monoisotopic (exact) mass is 190 g/mol. The number of nitrogens with one attached hydrogen (secondary N) is 1. The lowest BCUT2D eigenvalue weighted by atomic mass is 10.2. The number of carboxylic acid groups (broad SMARTS) is 1. The third-order valence-corrected chi connectivity index (χ3v) is 1.60. The molecular formula is C10H10N2O2. The molecule has 0 saturated heterocycles. The fourth-order valence-electron chi connectivity index (χ4n) is 0.947. The Hall–Kier alpha value is -2.02. The largest absolute Gasteiger partial charge is 0.478 e. The maximum Gasteiger partial charge on any atom is 0.339 e. The number of rotatable bonds is 3. The van der Waals surface area contributed by atoms with Crippen LogP contribution in [0.3, 0.4) is 0 Å². The quantitative estimate of drug-likeness (QED) is 0.703. The highest BCUT2D eigenvalue weighted by molar-refractivity contribution is 5.93. The molecule has 0 aliphatic carbocycles. The third-order valence-electron chi connectivity index (χ3n) is 1.60. The van der Waals surface area contributed by atoms with Crippen LogP contribution >= 0.6 is 0 Å². The van der Waals surface area contributed by atoms with Gasteiger partial charge in [-0.2, -0.15) is 0 Å². The van der Waals surface area contributed by atoms with Gasteiger partial charge in [-0.05, 0) is 13.0 Å². The van der Waals surface area contributed by atoms with E-state index in [-0.39, 0.29) is 5.56 Å². The van der Waals surface area contributed by atoms with Crippen molar-refractivity contribution in [2.75, 3.05) is 11.9 Å². The summed E-state index contributed by atoms with van der Waals surface area (Å²) in [5.74, 6) is 4.50. The summed E-state index contributed by atoms with van der Waals surface area (Å²) < 4.78 is 0. The van der Waals surface area contributed by atoms with Gasteiger partial charge in [-0.1, -0.05) is 5.92 Å². The molecule has 0 bridgehead atoms. The smallest absolute Gasteiger partial charge is 0.339 e. The number of hydrogen-bond donors (Lipinski definition) is 2. The van der Waals surface area contributed by atoms with Crippen molar-refractivity contribution in [3.05, 3.63) is 24.0 Å². The highest BCUT2D eigenvalue weighted by Gasteiger charge is 2.07. The van der Waals surface area contributed by atoms with Gasteiger partial charge in [0.1, 0.15) is 5.56 Å². The van der Waals surface area contributed by atoms with E-state index in [0.717, 1.165) is 0 Å². The number of hydrogen-bond acceptors (Lipinski definition) is 3. The molecule has 0 spiro atoms. The second-order valence-corrected chi connectivity index (χ2v) is 2.51. The molecule has 4 nitrogen and oxygen atoms in total. The fourth-order valence-corrected chi connectivity index (χ4v) is 0.947. The zero-order valence-electron chi connectivity index (χ0n) is 7.74. The Bertz CT molecular complexity index is 391. The first-order valence-corrected chi connectivity index (χ1v) is 4.06. The Morgan fingerprint density at radius 2 is 2.50 bits per heavy atom. The maximum absolute atomic E-state index is 10.7. The SMILES string of the molecule is CC#CCNc1ccncc1C(=O)O. The van der Waals surface area contributed by atoms with Crippen LogP contribution in [-0.4, -0.2) is 22.6 Å². The summed E-state index contributed by atoms with van der Waals surface area (Å²) in [5.41, 5.74) is 0.695. The fraction of sp³-hybridized carbons (Fsp3) is 0.200. The minimum Gasteiger partial charge on any atom is -0.478 e. The van der Waals surface area contributed by atoms with Crippen LogP contribution < -0.4 is 5.32 Å². The van der Waals surface area contributed by atoms with Crippen molar-refractivity contribution in [2.24, 2.45) is 0 Å². The number of aromatic carboxylic acids is 1. The molecule has 1 rings (SSSR count). The van der Waals surface area contributed by atoms with Crippen LogP contribution in [0.15, 0.2) is 18.5 Å². The predicted octanol–water partition coefficient (Wildman–Crippen LogP) is 1.22. The normalized spacial score (nSPS) is 8.64. The first-order valence-electron chi connectivity index (χ1n) is 4.06. The van der Waals surface area contributed by atoms with Crippen LogP contribution in [0.2, 0.25) is 0 Å². The molecule has 0 saturated carbocycles. The van der Waals surface area contributed by atoms with E-state index >= 15 is 0 Å². The van der Waals surface area contributed by atoms with Crippen LogP contribution in [0.5, 0.6) is 0 Å². The van der Waals surface area contributed by atoms with Crippen molar-refractivity contribution >= 4 is 11.7 Å². The van der Waals surface area contributed by atoms with Gasteiger partial charge >= 0.3 is 5.97 Å². The van der Waals surface area contributed by atoms with Crippen LogP contribution in [-0.2, 0) is 0 Å². The Labute approximate surface area is 82.0 Å². The lowest BCUT2D eigenvalue weighted by Gasteiger charge is -2.04. The van der Waals surface area contributed by atoms with E-state index in [1.165, 1.54) is 12.4 Å². The summed E-state index contributed by atoms with van der Waals surface area (Å²) in [4.78, 5) is 14.5. The van der Waals surface area contributed by atoms with E-state index in [9.17, 15) is 4.79 Å². The first-order chi connectivity index (χ1) is 6.75. The highest BCUT2D eigenvalue weighted by atomic mass is 16.4. The maximum atomic E-state index is 10.7. The molecule has 0 fully saturated rings. The number of aromatic nitrogens is 1. The summed E-state index contributed by atoms with van der Waals surface area (Å²) in [6.45, 7) is 2.16. The summed E-state index contributed by atoms with van der Waals surface area (Å²) in [6, 6.07) is 1.61. The zero-order chi connectivity index (χ0) is 10.4.